The van der Waals surface area contributed by atoms with Crippen LogP contribution in [0.2, 0.25) is 0 Å². The standard InChI is InChI=1S/C18H26F2N2O2/c1-2-3-4-5-6-7-8-16(18(21)24)22-17(23)11-13-9-14(19)12-15(20)10-13/h9-10,12,16H,2-8,11H2,1H3,(H2,21,24)(H,22,23)/t16-/m1/s1. The zero-order valence-electron chi connectivity index (χ0n) is 14.1. The predicted molar refractivity (Wildman–Crippen MR) is 89.2 cm³/mol. The van der Waals surface area contributed by atoms with E-state index in [-0.39, 0.29) is 12.0 Å². The van der Waals surface area contributed by atoms with Crippen molar-refractivity contribution in [1.82, 2.24) is 5.32 Å². The Morgan fingerprint density at radius 2 is 1.62 bits per heavy atom. The van der Waals surface area contributed by atoms with E-state index < -0.39 is 29.5 Å². The van der Waals surface area contributed by atoms with Gasteiger partial charge in [-0.25, -0.2) is 8.78 Å². The first kappa shape index (κ1) is 20.1. The van der Waals surface area contributed by atoms with Crippen LogP contribution in [0.15, 0.2) is 18.2 Å². The van der Waals surface area contributed by atoms with Crippen LogP contribution in [-0.4, -0.2) is 17.9 Å². The van der Waals surface area contributed by atoms with E-state index in [1.54, 1.807) is 0 Å². The van der Waals surface area contributed by atoms with E-state index in [9.17, 15) is 18.4 Å². The molecule has 6 heteroatoms. The highest BCUT2D eigenvalue weighted by Crippen LogP contribution is 2.10. The molecule has 0 aliphatic heterocycles. The molecular weight excluding hydrogens is 314 g/mol. The van der Waals surface area contributed by atoms with Crippen molar-refractivity contribution in [3.8, 4) is 0 Å². The number of hydrogen-bond donors (Lipinski definition) is 2. The molecular formula is C18H26F2N2O2. The Bertz CT molecular complexity index is 530. The summed E-state index contributed by atoms with van der Waals surface area (Å²) in [4.78, 5) is 23.4. The summed E-state index contributed by atoms with van der Waals surface area (Å²) in [5.41, 5.74) is 5.53. The Hall–Kier alpha value is -1.98. The second-order valence-corrected chi connectivity index (χ2v) is 6.03. The Morgan fingerprint density at radius 3 is 2.21 bits per heavy atom. The average molecular weight is 340 g/mol. The minimum absolute atomic E-state index is 0.199. The van der Waals surface area contributed by atoms with Crippen LogP contribution in [0.25, 0.3) is 0 Å². The van der Waals surface area contributed by atoms with E-state index in [0.29, 0.717) is 6.42 Å². The van der Waals surface area contributed by atoms with Crippen LogP contribution in [0.1, 0.15) is 57.4 Å². The molecule has 0 aliphatic rings. The molecule has 0 spiro atoms. The fourth-order valence-electron chi connectivity index (χ4n) is 2.56. The first-order valence-corrected chi connectivity index (χ1v) is 8.46. The van der Waals surface area contributed by atoms with Crippen LogP contribution in [0, 0.1) is 11.6 Å². The Labute approximate surface area is 141 Å². The van der Waals surface area contributed by atoms with E-state index >= 15 is 0 Å². The second-order valence-electron chi connectivity index (χ2n) is 6.03. The minimum Gasteiger partial charge on any atom is -0.368 e. The Kier molecular flexibility index (Phi) is 8.97. The number of unbranched alkanes of at least 4 members (excludes halogenated alkanes) is 5. The van der Waals surface area contributed by atoms with Crippen molar-refractivity contribution < 1.29 is 18.4 Å². The van der Waals surface area contributed by atoms with Gasteiger partial charge in [-0.3, -0.25) is 9.59 Å². The van der Waals surface area contributed by atoms with Gasteiger partial charge in [0.25, 0.3) is 0 Å². The van der Waals surface area contributed by atoms with Gasteiger partial charge in [0.15, 0.2) is 0 Å². The van der Waals surface area contributed by atoms with Crippen molar-refractivity contribution in [2.45, 2.75) is 64.3 Å². The Balaban J connectivity index is 2.43. The molecule has 3 N–H and O–H groups in total. The van der Waals surface area contributed by atoms with Gasteiger partial charge in [-0.05, 0) is 24.1 Å². The highest BCUT2D eigenvalue weighted by molar-refractivity contribution is 5.87. The quantitative estimate of drug-likeness (QED) is 0.607. The second kappa shape index (κ2) is 10.7. The maximum atomic E-state index is 13.1. The lowest BCUT2D eigenvalue weighted by Gasteiger charge is -2.15. The third-order valence-corrected chi connectivity index (χ3v) is 3.81. The van der Waals surface area contributed by atoms with Gasteiger partial charge >= 0.3 is 0 Å². The number of carbonyl (C=O) groups is 2. The summed E-state index contributed by atoms with van der Waals surface area (Å²) in [6.45, 7) is 2.14. The number of carbonyl (C=O) groups excluding carboxylic acids is 2. The lowest BCUT2D eigenvalue weighted by molar-refractivity contribution is -0.127. The van der Waals surface area contributed by atoms with Crippen LogP contribution in [-0.2, 0) is 16.0 Å². The maximum Gasteiger partial charge on any atom is 0.239 e. The fraction of sp³-hybridized carbons (Fsp3) is 0.556. The SMILES string of the molecule is CCCCCCCC[C@@H](NC(=O)Cc1cc(F)cc(F)c1)C(N)=O. The first-order chi connectivity index (χ1) is 11.4. The topological polar surface area (TPSA) is 72.2 Å². The molecule has 2 amide bonds. The number of halogens is 2. The molecule has 0 unspecified atom stereocenters. The van der Waals surface area contributed by atoms with Crippen molar-refractivity contribution in [3.05, 3.63) is 35.4 Å². The third kappa shape index (κ3) is 8.04. The highest BCUT2D eigenvalue weighted by Gasteiger charge is 2.18. The zero-order valence-corrected chi connectivity index (χ0v) is 14.1. The Morgan fingerprint density at radius 1 is 1.04 bits per heavy atom. The zero-order chi connectivity index (χ0) is 17.9. The van der Waals surface area contributed by atoms with Gasteiger partial charge in [0, 0.05) is 6.07 Å². The molecule has 24 heavy (non-hydrogen) atoms. The number of hydrogen-bond acceptors (Lipinski definition) is 2. The van der Waals surface area contributed by atoms with Crippen molar-refractivity contribution in [3.63, 3.8) is 0 Å². The van der Waals surface area contributed by atoms with Gasteiger partial charge in [0.1, 0.15) is 17.7 Å². The molecule has 4 nitrogen and oxygen atoms in total. The third-order valence-electron chi connectivity index (χ3n) is 3.81. The largest absolute Gasteiger partial charge is 0.368 e. The lowest BCUT2D eigenvalue weighted by Crippen LogP contribution is -2.45. The number of nitrogens with one attached hydrogen (secondary N) is 1. The molecule has 0 fully saturated rings. The summed E-state index contributed by atoms with van der Waals surface area (Å²) in [7, 11) is 0. The van der Waals surface area contributed by atoms with E-state index in [1.807, 2.05) is 0 Å². The molecule has 0 saturated heterocycles. The molecule has 0 aromatic heterocycles. The van der Waals surface area contributed by atoms with Crippen LogP contribution in [0.4, 0.5) is 8.78 Å². The molecule has 134 valence electrons. The van der Waals surface area contributed by atoms with Gasteiger partial charge in [-0.1, -0.05) is 45.4 Å². The summed E-state index contributed by atoms with van der Waals surface area (Å²) < 4.78 is 26.2. The van der Waals surface area contributed by atoms with Crippen molar-refractivity contribution >= 4 is 11.8 Å². The van der Waals surface area contributed by atoms with Crippen molar-refractivity contribution in [1.29, 1.82) is 0 Å². The average Bonchev–Trinajstić information content (AvgIpc) is 2.48. The normalized spacial score (nSPS) is 12.0. The predicted octanol–water partition coefficient (Wildman–Crippen LogP) is 3.23. The summed E-state index contributed by atoms with van der Waals surface area (Å²) in [5, 5.41) is 2.55. The van der Waals surface area contributed by atoms with E-state index in [1.165, 1.54) is 12.8 Å². The summed E-state index contributed by atoms with van der Waals surface area (Å²) in [5.74, 6) is -2.55. The number of primary amides is 1. The molecule has 0 bridgehead atoms. The number of amides is 2. The van der Waals surface area contributed by atoms with E-state index in [2.05, 4.69) is 12.2 Å². The van der Waals surface area contributed by atoms with Gasteiger partial charge in [-0.15, -0.1) is 0 Å². The maximum absolute atomic E-state index is 13.1. The van der Waals surface area contributed by atoms with E-state index in [0.717, 1.165) is 43.9 Å². The van der Waals surface area contributed by atoms with Crippen LogP contribution in [0.5, 0.6) is 0 Å². The van der Waals surface area contributed by atoms with Crippen molar-refractivity contribution in [2.75, 3.05) is 0 Å². The summed E-state index contributed by atoms with van der Waals surface area (Å²) >= 11 is 0. The van der Waals surface area contributed by atoms with Crippen molar-refractivity contribution in [2.24, 2.45) is 5.73 Å². The van der Waals surface area contributed by atoms with Gasteiger partial charge in [0.05, 0.1) is 6.42 Å². The van der Waals surface area contributed by atoms with Gasteiger partial charge < -0.3 is 11.1 Å². The van der Waals surface area contributed by atoms with Gasteiger partial charge in [0.2, 0.25) is 11.8 Å². The lowest BCUT2D eigenvalue weighted by atomic mass is 10.0. The smallest absolute Gasteiger partial charge is 0.239 e. The van der Waals surface area contributed by atoms with Gasteiger partial charge in [-0.2, -0.15) is 0 Å². The van der Waals surface area contributed by atoms with Crippen LogP contribution in [0.3, 0.4) is 0 Å². The number of benzene rings is 1. The molecule has 1 aromatic rings. The number of nitrogens with two attached hydrogens (primary N) is 1. The monoisotopic (exact) mass is 340 g/mol. The summed E-state index contributed by atoms with van der Waals surface area (Å²) in [6.07, 6.45) is 6.67. The first-order valence-electron chi connectivity index (χ1n) is 8.46. The van der Waals surface area contributed by atoms with Crippen LogP contribution >= 0.6 is 0 Å². The fourth-order valence-corrected chi connectivity index (χ4v) is 2.56. The molecule has 1 aromatic carbocycles. The molecule has 0 radical (unpaired) electrons. The van der Waals surface area contributed by atoms with E-state index in [4.69, 9.17) is 5.73 Å². The number of rotatable bonds is 11. The molecule has 0 heterocycles. The molecule has 1 atom stereocenters. The minimum atomic E-state index is -0.748. The van der Waals surface area contributed by atoms with Crippen LogP contribution < -0.4 is 11.1 Å². The molecule has 1 rings (SSSR count). The molecule has 0 aliphatic carbocycles. The molecule has 0 saturated carbocycles. The summed E-state index contributed by atoms with van der Waals surface area (Å²) in [6, 6.07) is 2.18. The highest BCUT2D eigenvalue weighted by atomic mass is 19.1.